The van der Waals surface area contributed by atoms with E-state index in [0.717, 1.165) is 28.4 Å². The van der Waals surface area contributed by atoms with Crippen LogP contribution in [0.25, 0.3) is 10.4 Å². The Morgan fingerprint density at radius 1 is 1.36 bits per heavy atom. The minimum Gasteiger partial charge on any atom is -0.366 e. The molecule has 1 saturated heterocycles. The second-order valence-electron chi connectivity index (χ2n) is 5.23. The number of nitrogens with two attached hydrogens (primary N) is 1. The largest absolute Gasteiger partial charge is 0.366 e. The van der Waals surface area contributed by atoms with Crippen molar-refractivity contribution in [1.82, 2.24) is 10.3 Å². The average Bonchev–Trinajstić information content (AvgIpc) is 2.85. The summed E-state index contributed by atoms with van der Waals surface area (Å²) in [4.78, 5) is 28.7. The number of hydrogen-bond acceptors (Lipinski definition) is 5. The van der Waals surface area contributed by atoms with E-state index in [0.29, 0.717) is 11.3 Å². The van der Waals surface area contributed by atoms with Crippen LogP contribution in [0, 0.1) is 13.3 Å². The molecule has 1 atom stereocenters. The van der Waals surface area contributed by atoms with Crippen LogP contribution in [0.5, 0.6) is 0 Å². The van der Waals surface area contributed by atoms with E-state index in [1.165, 1.54) is 11.3 Å². The van der Waals surface area contributed by atoms with Crippen molar-refractivity contribution in [2.45, 2.75) is 19.4 Å². The summed E-state index contributed by atoms with van der Waals surface area (Å²) in [6.07, 6.45) is 2.68. The van der Waals surface area contributed by atoms with Gasteiger partial charge in [-0.3, -0.25) is 9.59 Å². The van der Waals surface area contributed by atoms with Gasteiger partial charge in [0.25, 0.3) is 0 Å². The molecule has 2 heterocycles. The molecule has 0 saturated carbocycles. The van der Waals surface area contributed by atoms with Crippen LogP contribution in [-0.4, -0.2) is 29.3 Å². The molecule has 0 spiro atoms. The highest BCUT2D eigenvalue weighted by Gasteiger charge is 2.25. The van der Waals surface area contributed by atoms with E-state index < -0.39 is 5.91 Å². The van der Waals surface area contributed by atoms with Gasteiger partial charge in [0.1, 0.15) is 5.69 Å². The van der Waals surface area contributed by atoms with Gasteiger partial charge in [-0.25, -0.2) is 4.98 Å². The van der Waals surface area contributed by atoms with Crippen LogP contribution < -0.4 is 11.1 Å². The van der Waals surface area contributed by atoms with Crippen LogP contribution in [0.15, 0.2) is 24.3 Å². The number of rotatable bonds is 5. The zero-order valence-electron chi connectivity index (χ0n) is 12.1. The first-order chi connectivity index (χ1) is 10.5. The van der Waals surface area contributed by atoms with E-state index in [4.69, 9.17) is 5.73 Å². The standard InChI is InChI=1S/C16H16N3O2S/c1-9-19-14(13(20)8-12-6-7-18-12)15(22-9)10-2-4-11(5-3-10)16(17)21/h2-5,8,12,18H,6-7H2,1H3,(H2,17,21). The summed E-state index contributed by atoms with van der Waals surface area (Å²) in [6, 6.07) is 7.08. The van der Waals surface area contributed by atoms with Crippen molar-refractivity contribution in [2.75, 3.05) is 6.54 Å². The number of nitrogens with zero attached hydrogens (tertiary/aromatic N) is 1. The molecule has 22 heavy (non-hydrogen) atoms. The lowest BCUT2D eigenvalue weighted by Crippen LogP contribution is -2.44. The van der Waals surface area contributed by atoms with Crippen molar-refractivity contribution in [2.24, 2.45) is 5.73 Å². The van der Waals surface area contributed by atoms with Gasteiger partial charge in [0, 0.05) is 11.6 Å². The number of nitrogens with one attached hydrogen (secondary N) is 1. The zero-order chi connectivity index (χ0) is 15.7. The first kappa shape index (κ1) is 14.9. The Morgan fingerprint density at radius 2 is 2.05 bits per heavy atom. The fraction of sp³-hybridized carbons (Fsp3) is 0.250. The van der Waals surface area contributed by atoms with Crippen molar-refractivity contribution in [1.29, 1.82) is 0 Å². The monoisotopic (exact) mass is 314 g/mol. The lowest BCUT2D eigenvalue weighted by Gasteiger charge is -2.26. The summed E-state index contributed by atoms with van der Waals surface area (Å²) in [6.45, 7) is 2.83. The number of thiazole rings is 1. The van der Waals surface area contributed by atoms with Crippen LogP contribution in [0.3, 0.4) is 0 Å². The van der Waals surface area contributed by atoms with Gasteiger partial charge in [0.05, 0.1) is 16.3 Å². The molecule has 6 heteroatoms. The molecule has 1 aliphatic heterocycles. The maximum absolute atomic E-state index is 12.4. The summed E-state index contributed by atoms with van der Waals surface area (Å²) in [5.74, 6) is -0.525. The van der Waals surface area contributed by atoms with Crippen molar-refractivity contribution < 1.29 is 9.59 Å². The van der Waals surface area contributed by atoms with Crippen LogP contribution in [0.1, 0.15) is 32.3 Å². The third-order valence-electron chi connectivity index (χ3n) is 3.61. The van der Waals surface area contributed by atoms with Crippen LogP contribution >= 0.6 is 11.3 Å². The number of hydrogen-bond donors (Lipinski definition) is 2. The molecule has 1 radical (unpaired) electrons. The fourth-order valence-electron chi connectivity index (χ4n) is 2.29. The van der Waals surface area contributed by atoms with Gasteiger partial charge in [-0.15, -0.1) is 11.3 Å². The summed E-state index contributed by atoms with van der Waals surface area (Å²) >= 11 is 1.47. The molecule has 3 rings (SSSR count). The van der Waals surface area contributed by atoms with Crippen LogP contribution in [-0.2, 0) is 0 Å². The molecule has 1 unspecified atom stereocenters. The lowest BCUT2D eigenvalue weighted by atomic mass is 9.98. The van der Waals surface area contributed by atoms with Crippen molar-refractivity contribution in [3.8, 4) is 10.4 Å². The molecular formula is C16H16N3O2S. The Kier molecular flexibility index (Phi) is 4.04. The normalized spacial score (nSPS) is 17.0. The topological polar surface area (TPSA) is 85.1 Å². The minimum atomic E-state index is -0.465. The Hall–Kier alpha value is -2.05. The van der Waals surface area contributed by atoms with E-state index in [1.807, 2.05) is 6.92 Å². The van der Waals surface area contributed by atoms with Crippen molar-refractivity contribution in [3.05, 3.63) is 47.0 Å². The molecule has 3 N–H and O–H groups in total. The lowest BCUT2D eigenvalue weighted by molar-refractivity contribution is 0.0994. The number of ketones is 1. The molecule has 0 bridgehead atoms. The second-order valence-corrected chi connectivity index (χ2v) is 6.44. The smallest absolute Gasteiger partial charge is 0.248 e. The third kappa shape index (κ3) is 2.93. The number of Topliss-reactive ketones (excluding diaryl/α,β-unsaturated/α-hetero) is 1. The number of benzene rings is 1. The van der Waals surface area contributed by atoms with Crippen LogP contribution in [0.4, 0.5) is 0 Å². The highest BCUT2D eigenvalue weighted by molar-refractivity contribution is 7.15. The summed E-state index contributed by atoms with van der Waals surface area (Å²) in [7, 11) is 0. The summed E-state index contributed by atoms with van der Waals surface area (Å²) < 4.78 is 0. The molecular weight excluding hydrogens is 298 g/mol. The Labute approximate surface area is 132 Å². The average molecular weight is 314 g/mol. The summed E-state index contributed by atoms with van der Waals surface area (Å²) in [5.41, 5.74) is 7.04. The van der Waals surface area contributed by atoms with Crippen LogP contribution in [0.2, 0.25) is 0 Å². The quantitative estimate of drug-likeness (QED) is 0.826. The first-order valence-corrected chi connectivity index (χ1v) is 7.86. The predicted molar refractivity (Wildman–Crippen MR) is 85.8 cm³/mol. The number of amides is 1. The fourth-order valence-corrected chi connectivity index (χ4v) is 3.22. The first-order valence-electron chi connectivity index (χ1n) is 7.05. The molecule has 1 aromatic heterocycles. The third-order valence-corrected chi connectivity index (χ3v) is 4.63. The number of carbonyl (C=O) groups is 2. The number of aromatic nitrogens is 1. The SMILES string of the molecule is Cc1nc(C(=O)[CH]C2CCN2)c(-c2ccc(C(N)=O)cc2)s1. The molecule has 113 valence electrons. The molecule has 0 aliphatic carbocycles. The van der Waals surface area contributed by atoms with Gasteiger partial charge >= 0.3 is 0 Å². The highest BCUT2D eigenvalue weighted by Crippen LogP contribution is 2.31. The number of carbonyl (C=O) groups excluding carboxylic acids is 2. The van der Waals surface area contributed by atoms with E-state index in [2.05, 4.69) is 10.3 Å². The zero-order valence-corrected chi connectivity index (χ0v) is 12.9. The van der Waals surface area contributed by atoms with Gasteiger partial charge in [0.2, 0.25) is 5.91 Å². The van der Waals surface area contributed by atoms with Gasteiger partial charge in [-0.2, -0.15) is 0 Å². The number of aryl methyl sites for hydroxylation is 1. The second kappa shape index (κ2) is 5.98. The van der Waals surface area contributed by atoms with E-state index in [1.54, 1.807) is 30.7 Å². The Morgan fingerprint density at radius 3 is 2.59 bits per heavy atom. The summed E-state index contributed by atoms with van der Waals surface area (Å²) in [5, 5.41) is 4.02. The Bertz CT molecular complexity index is 717. The molecule has 1 amide bonds. The van der Waals surface area contributed by atoms with Crippen molar-refractivity contribution >= 4 is 23.0 Å². The number of primary amides is 1. The molecule has 1 fully saturated rings. The Balaban J connectivity index is 1.89. The van der Waals surface area contributed by atoms with Gasteiger partial charge in [0.15, 0.2) is 5.78 Å². The predicted octanol–water partition coefficient (Wildman–Crippen LogP) is 1.97. The van der Waals surface area contributed by atoms with Gasteiger partial charge in [-0.1, -0.05) is 12.1 Å². The van der Waals surface area contributed by atoms with E-state index >= 15 is 0 Å². The molecule has 5 nitrogen and oxygen atoms in total. The molecule has 1 aliphatic rings. The van der Waals surface area contributed by atoms with E-state index in [9.17, 15) is 9.59 Å². The van der Waals surface area contributed by atoms with Gasteiger partial charge < -0.3 is 11.1 Å². The maximum Gasteiger partial charge on any atom is 0.248 e. The van der Waals surface area contributed by atoms with E-state index in [-0.39, 0.29) is 11.8 Å². The molecule has 2 aromatic rings. The molecule has 1 aromatic carbocycles. The highest BCUT2D eigenvalue weighted by atomic mass is 32.1. The maximum atomic E-state index is 12.4. The van der Waals surface area contributed by atoms with Gasteiger partial charge in [-0.05, 0) is 37.6 Å². The van der Waals surface area contributed by atoms with Crippen molar-refractivity contribution in [3.63, 3.8) is 0 Å². The minimum absolute atomic E-state index is 0.0597.